The van der Waals surface area contributed by atoms with E-state index in [0.29, 0.717) is 18.0 Å². The van der Waals surface area contributed by atoms with Crippen molar-refractivity contribution in [3.63, 3.8) is 0 Å². The van der Waals surface area contributed by atoms with Gasteiger partial charge in [0.25, 0.3) is 0 Å². The van der Waals surface area contributed by atoms with E-state index in [4.69, 9.17) is 0 Å². The molecule has 2 aromatic rings. The van der Waals surface area contributed by atoms with Crippen LogP contribution in [0, 0.1) is 6.92 Å². The maximum atomic E-state index is 11.5. The van der Waals surface area contributed by atoms with E-state index in [1.165, 1.54) is 4.40 Å². The molecule has 2 aromatic heterocycles. The van der Waals surface area contributed by atoms with Crippen LogP contribution in [-0.4, -0.2) is 43.9 Å². The summed E-state index contributed by atoms with van der Waals surface area (Å²) in [6.45, 7) is 3.22. The molecule has 1 aliphatic heterocycles. The van der Waals surface area contributed by atoms with Crippen LogP contribution in [0.15, 0.2) is 10.9 Å². The second-order valence-electron chi connectivity index (χ2n) is 4.63. The van der Waals surface area contributed by atoms with Crippen molar-refractivity contribution in [3.8, 4) is 0 Å². The molecule has 0 aromatic carbocycles. The SMILES string of the molecule is Cc1nc(N2CCCC(O)C2)cc2n[nH]c(=O)n12. The van der Waals surface area contributed by atoms with Crippen LogP contribution in [-0.2, 0) is 0 Å². The number of aromatic nitrogens is 4. The van der Waals surface area contributed by atoms with E-state index in [9.17, 15) is 9.90 Å². The first-order chi connectivity index (χ1) is 8.65. The minimum Gasteiger partial charge on any atom is -0.391 e. The van der Waals surface area contributed by atoms with Gasteiger partial charge in [0, 0.05) is 19.2 Å². The molecule has 0 spiro atoms. The number of anilines is 1. The van der Waals surface area contributed by atoms with Crippen LogP contribution >= 0.6 is 0 Å². The summed E-state index contributed by atoms with van der Waals surface area (Å²) in [5, 5.41) is 16.0. The number of nitrogens with one attached hydrogen (secondary N) is 1. The Balaban J connectivity index is 2.04. The van der Waals surface area contributed by atoms with Crippen LogP contribution in [0.5, 0.6) is 0 Å². The number of H-pyrrole nitrogens is 1. The summed E-state index contributed by atoms with van der Waals surface area (Å²) in [5.41, 5.74) is 0.280. The van der Waals surface area contributed by atoms with E-state index < -0.39 is 0 Å². The zero-order valence-corrected chi connectivity index (χ0v) is 10.1. The number of hydrogen-bond acceptors (Lipinski definition) is 5. The molecule has 2 N–H and O–H groups in total. The Bertz CT molecular complexity index is 632. The molecule has 0 bridgehead atoms. The standard InChI is InChI=1S/C11H15N5O2/c1-7-12-9(15-4-2-3-8(17)6-15)5-10-13-14-11(18)16(7)10/h5,8,17H,2-4,6H2,1H3,(H,14,18). The van der Waals surface area contributed by atoms with Gasteiger partial charge in [-0.05, 0) is 19.8 Å². The number of rotatable bonds is 1. The number of fused-ring (bicyclic) bond motifs is 1. The Morgan fingerprint density at radius 1 is 1.56 bits per heavy atom. The van der Waals surface area contributed by atoms with Gasteiger partial charge in [-0.2, -0.15) is 5.10 Å². The molecular formula is C11H15N5O2. The minimum absolute atomic E-state index is 0.278. The first-order valence-corrected chi connectivity index (χ1v) is 6.03. The smallest absolute Gasteiger partial charge is 0.349 e. The van der Waals surface area contributed by atoms with E-state index in [1.54, 1.807) is 13.0 Å². The van der Waals surface area contributed by atoms with Gasteiger partial charge in [-0.1, -0.05) is 0 Å². The number of hydrogen-bond donors (Lipinski definition) is 2. The number of aliphatic hydroxyl groups excluding tert-OH is 1. The zero-order chi connectivity index (χ0) is 12.7. The summed E-state index contributed by atoms with van der Waals surface area (Å²) in [5.74, 6) is 1.36. The molecule has 7 nitrogen and oxygen atoms in total. The van der Waals surface area contributed by atoms with Crippen molar-refractivity contribution in [1.82, 2.24) is 19.6 Å². The van der Waals surface area contributed by atoms with Gasteiger partial charge in [0.2, 0.25) is 0 Å². The molecule has 0 amide bonds. The molecule has 18 heavy (non-hydrogen) atoms. The van der Waals surface area contributed by atoms with Gasteiger partial charge < -0.3 is 10.0 Å². The van der Waals surface area contributed by atoms with Crippen molar-refractivity contribution >= 4 is 11.5 Å². The molecule has 0 saturated carbocycles. The molecule has 1 atom stereocenters. The third-order valence-electron chi connectivity index (χ3n) is 3.28. The van der Waals surface area contributed by atoms with Crippen LogP contribution in [0.2, 0.25) is 0 Å². The Labute approximate surface area is 103 Å². The Hall–Kier alpha value is -1.89. The average Bonchev–Trinajstić information content (AvgIpc) is 2.71. The number of aryl methyl sites for hydroxylation is 1. The summed E-state index contributed by atoms with van der Waals surface area (Å²) >= 11 is 0. The van der Waals surface area contributed by atoms with Crippen molar-refractivity contribution in [2.24, 2.45) is 0 Å². The monoisotopic (exact) mass is 249 g/mol. The number of aromatic amines is 1. The molecule has 1 aliphatic rings. The molecule has 96 valence electrons. The molecule has 0 radical (unpaired) electrons. The molecule has 1 fully saturated rings. The molecule has 0 aliphatic carbocycles. The lowest BCUT2D eigenvalue weighted by Gasteiger charge is -2.31. The Morgan fingerprint density at radius 3 is 3.17 bits per heavy atom. The second kappa shape index (κ2) is 4.09. The van der Waals surface area contributed by atoms with Crippen LogP contribution in [0.1, 0.15) is 18.7 Å². The normalized spacial score (nSPS) is 20.6. The predicted molar refractivity (Wildman–Crippen MR) is 65.8 cm³/mol. The van der Waals surface area contributed by atoms with Crippen LogP contribution in [0.4, 0.5) is 5.82 Å². The first-order valence-electron chi connectivity index (χ1n) is 6.03. The van der Waals surface area contributed by atoms with Gasteiger partial charge >= 0.3 is 5.69 Å². The summed E-state index contributed by atoms with van der Waals surface area (Å²) in [6.07, 6.45) is 1.47. The highest BCUT2D eigenvalue weighted by Crippen LogP contribution is 2.19. The number of nitrogens with zero attached hydrogens (tertiary/aromatic N) is 4. The maximum Gasteiger partial charge on any atom is 0.349 e. The van der Waals surface area contributed by atoms with Crippen molar-refractivity contribution in [3.05, 3.63) is 22.4 Å². The minimum atomic E-state index is -0.307. The summed E-state index contributed by atoms with van der Waals surface area (Å²) < 4.78 is 1.43. The van der Waals surface area contributed by atoms with Gasteiger partial charge in [0.15, 0.2) is 5.65 Å². The van der Waals surface area contributed by atoms with Gasteiger partial charge in [-0.15, -0.1) is 0 Å². The highest BCUT2D eigenvalue weighted by molar-refractivity contribution is 5.51. The number of piperidine rings is 1. The summed E-state index contributed by atoms with van der Waals surface area (Å²) in [7, 11) is 0. The van der Waals surface area contributed by atoms with Gasteiger partial charge in [-0.3, -0.25) is 0 Å². The number of β-amino-alcohol motifs (C(OH)–C–C–N with tert-alkyl or cyclic N) is 1. The highest BCUT2D eigenvalue weighted by Gasteiger charge is 2.20. The average molecular weight is 249 g/mol. The maximum absolute atomic E-state index is 11.5. The van der Waals surface area contributed by atoms with Crippen LogP contribution in [0.25, 0.3) is 5.65 Å². The third-order valence-corrected chi connectivity index (χ3v) is 3.28. The lowest BCUT2D eigenvalue weighted by molar-refractivity contribution is 0.154. The predicted octanol–water partition coefficient (Wildman–Crippen LogP) is -0.313. The molecule has 7 heteroatoms. The van der Waals surface area contributed by atoms with E-state index in [1.807, 2.05) is 4.90 Å². The summed E-state index contributed by atoms with van der Waals surface area (Å²) in [4.78, 5) is 17.9. The van der Waals surface area contributed by atoms with E-state index >= 15 is 0 Å². The van der Waals surface area contributed by atoms with Crippen LogP contribution in [0.3, 0.4) is 0 Å². The molecule has 3 heterocycles. The second-order valence-corrected chi connectivity index (χ2v) is 4.63. The quantitative estimate of drug-likeness (QED) is 0.724. The van der Waals surface area contributed by atoms with Crippen LogP contribution < -0.4 is 10.6 Å². The van der Waals surface area contributed by atoms with E-state index in [2.05, 4.69) is 15.2 Å². The fourth-order valence-corrected chi connectivity index (χ4v) is 2.41. The lowest BCUT2D eigenvalue weighted by atomic mass is 10.1. The summed E-state index contributed by atoms with van der Waals surface area (Å²) in [6, 6.07) is 1.77. The lowest BCUT2D eigenvalue weighted by Crippen LogP contribution is -2.39. The highest BCUT2D eigenvalue weighted by atomic mass is 16.3. The Kier molecular flexibility index (Phi) is 2.55. The largest absolute Gasteiger partial charge is 0.391 e. The molecular weight excluding hydrogens is 234 g/mol. The van der Waals surface area contributed by atoms with Gasteiger partial charge in [0.1, 0.15) is 11.6 Å². The van der Waals surface area contributed by atoms with Crippen molar-refractivity contribution < 1.29 is 5.11 Å². The molecule has 1 unspecified atom stereocenters. The van der Waals surface area contributed by atoms with Crippen molar-refractivity contribution in [2.75, 3.05) is 18.0 Å². The fraction of sp³-hybridized carbons (Fsp3) is 0.545. The molecule has 1 saturated heterocycles. The van der Waals surface area contributed by atoms with Crippen molar-refractivity contribution in [1.29, 1.82) is 0 Å². The fourth-order valence-electron chi connectivity index (χ4n) is 2.41. The first kappa shape index (κ1) is 11.2. The topological polar surface area (TPSA) is 86.5 Å². The van der Waals surface area contributed by atoms with E-state index in [0.717, 1.165) is 25.2 Å². The van der Waals surface area contributed by atoms with E-state index in [-0.39, 0.29) is 11.8 Å². The van der Waals surface area contributed by atoms with Gasteiger partial charge in [0.05, 0.1) is 6.10 Å². The number of aliphatic hydroxyl groups is 1. The van der Waals surface area contributed by atoms with Gasteiger partial charge in [-0.25, -0.2) is 19.3 Å². The zero-order valence-electron chi connectivity index (χ0n) is 10.1. The Morgan fingerprint density at radius 2 is 2.39 bits per heavy atom. The third kappa shape index (κ3) is 1.76. The molecule has 3 rings (SSSR count). The van der Waals surface area contributed by atoms with Crippen molar-refractivity contribution in [2.45, 2.75) is 25.9 Å².